The van der Waals surface area contributed by atoms with Gasteiger partial charge in [-0.15, -0.1) is 6.58 Å². The Balaban J connectivity index is 2.08. The zero-order valence-electron chi connectivity index (χ0n) is 9.51. The standard InChI is InChI=1S/C11H20N2O2S/c1-2-11(9-3-4-9)16(14,15)13-7-5-10(12)6-8-13/h2,9-11H,1,3-8,12H2. The van der Waals surface area contributed by atoms with E-state index in [1.807, 2.05) is 0 Å². The van der Waals surface area contributed by atoms with Crippen LogP contribution in [0.4, 0.5) is 0 Å². The van der Waals surface area contributed by atoms with Gasteiger partial charge in [0.25, 0.3) is 0 Å². The van der Waals surface area contributed by atoms with Crippen molar-refractivity contribution in [3.8, 4) is 0 Å². The first-order chi connectivity index (χ1) is 7.55. The summed E-state index contributed by atoms with van der Waals surface area (Å²) in [5.74, 6) is 0.304. The SMILES string of the molecule is C=CC(C1CC1)S(=O)(=O)N1CCC(N)CC1. The minimum atomic E-state index is -3.17. The van der Waals surface area contributed by atoms with Gasteiger partial charge in [0, 0.05) is 19.1 Å². The Labute approximate surface area is 97.5 Å². The average molecular weight is 244 g/mol. The van der Waals surface area contributed by atoms with Crippen LogP contribution in [0.15, 0.2) is 12.7 Å². The highest BCUT2D eigenvalue weighted by Gasteiger charge is 2.41. The molecule has 5 heteroatoms. The highest BCUT2D eigenvalue weighted by Crippen LogP contribution is 2.38. The molecule has 2 rings (SSSR count). The molecule has 1 aliphatic heterocycles. The summed E-state index contributed by atoms with van der Waals surface area (Å²) in [6.07, 6.45) is 5.18. The number of nitrogens with two attached hydrogens (primary N) is 1. The monoisotopic (exact) mass is 244 g/mol. The van der Waals surface area contributed by atoms with E-state index in [-0.39, 0.29) is 11.3 Å². The van der Waals surface area contributed by atoms with Crippen molar-refractivity contribution >= 4 is 10.0 Å². The molecule has 92 valence electrons. The zero-order valence-corrected chi connectivity index (χ0v) is 10.3. The van der Waals surface area contributed by atoms with Crippen LogP contribution in [-0.4, -0.2) is 37.1 Å². The summed E-state index contributed by atoms with van der Waals surface area (Å²) in [6, 6.07) is 0.162. The normalized spacial score (nSPS) is 26.6. The number of nitrogens with zero attached hydrogens (tertiary/aromatic N) is 1. The fourth-order valence-electron chi connectivity index (χ4n) is 2.28. The molecule has 0 spiro atoms. The van der Waals surface area contributed by atoms with E-state index in [1.54, 1.807) is 10.4 Å². The lowest BCUT2D eigenvalue weighted by atomic mass is 10.1. The Hall–Kier alpha value is -0.390. The first kappa shape index (κ1) is 12.1. The summed E-state index contributed by atoms with van der Waals surface area (Å²) >= 11 is 0. The lowest BCUT2D eigenvalue weighted by molar-refractivity contribution is 0.317. The molecule has 16 heavy (non-hydrogen) atoms. The van der Waals surface area contributed by atoms with Gasteiger partial charge in [0.05, 0.1) is 5.25 Å². The van der Waals surface area contributed by atoms with Crippen LogP contribution in [-0.2, 0) is 10.0 Å². The van der Waals surface area contributed by atoms with Crippen LogP contribution in [0.3, 0.4) is 0 Å². The molecule has 0 aromatic rings. The lowest BCUT2D eigenvalue weighted by Crippen LogP contribution is -2.46. The van der Waals surface area contributed by atoms with Gasteiger partial charge in [-0.1, -0.05) is 6.08 Å². The second kappa shape index (κ2) is 4.47. The maximum absolute atomic E-state index is 12.3. The highest BCUT2D eigenvalue weighted by molar-refractivity contribution is 7.89. The van der Waals surface area contributed by atoms with E-state index < -0.39 is 10.0 Å². The molecule has 1 saturated heterocycles. The Morgan fingerprint density at radius 3 is 2.25 bits per heavy atom. The van der Waals surface area contributed by atoms with Crippen LogP contribution in [0.1, 0.15) is 25.7 Å². The molecule has 0 radical (unpaired) electrons. The number of sulfonamides is 1. The van der Waals surface area contributed by atoms with Gasteiger partial charge in [-0.3, -0.25) is 0 Å². The summed E-state index contributed by atoms with van der Waals surface area (Å²) in [6.45, 7) is 4.81. The predicted octanol–water partition coefficient (Wildman–Crippen LogP) is 0.704. The number of hydrogen-bond donors (Lipinski definition) is 1. The van der Waals surface area contributed by atoms with E-state index in [9.17, 15) is 8.42 Å². The molecule has 0 amide bonds. The third-order valence-electron chi connectivity index (χ3n) is 3.52. The molecule has 2 aliphatic rings. The van der Waals surface area contributed by atoms with E-state index >= 15 is 0 Å². The molecule has 4 nitrogen and oxygen atoms in total. The van der Waals surface area contributed by atoms with Crippen molar-refractivity contribution in [1.29, 1.82) is 0 Å². The molecule has 0 aromatic heterocycles. The van der Waals surface area contributed by atoms with Crippen molar-refractivity contribution in [2.75, 3.05) is 13.1 Å². The van der Waals surface area contributed by atoms with Gasteiger partial charge in [-0.25, -0.2) is 12.7 Å². The molecular formula is C11H20N2O2S. The topological polar surface area (TPSA) is 63.4 Å². The molecule has 1 atom stereocenters. The van der Waals surface area contributed by atoms with Gasteiger partial charge >= 0.3 is 0 Å². The number of piperidine rings is 1. The maximum atomic E-state index is 12.3. The van der Waals surface area contributed by atoms with Gasteiger partial charge in [-0.2, -0.15) is 0 Å². The van der Waals surface area contributed by atoms with Gasteiger partial charge < -0.3 is 5.73 Å². The van der Waals surface area contributed by atoms with Crippen molar-refractivity contribution in [3.63, 3.8) is 0 Å². The van der Waals surface area contributed by atoms with E-state index in [0.29, 0.717) is 19.0 Å². The van der Waals surface area contributed by atoms with Gasteiger partial charge in [-0.05, 0) is 31.6 Å². The van der Waals surface area contributed by atoms with Gasteiger partial charge in [0.1, 0.15) is 0 Å². The Morgan fingerprint density at radius 2 is 1.81 bits per heavy atom. The molecular weight excluding hydrogens is 224 g/mol. The van der Waals surface area contributed by atoms with Gasteiger partial charge in [0.15, 0.2) is 0 Å². The van der Waals surface area contributed by atoms with E-state index in [4.69, 9.17) is 5.73 Å². The quantitative estimate of drug-likeness (QED) is 0.741. The summed E-state index contributed by atoms with van der Waals surface area (Å²) in [7, 11) is -3.17. The second-order valence-corrected chi connectivity index (χ2v) is 6.91. The van der Waals surface area contributed by atoms with Crippen LogP contribution in [0.2, 0.25) is 0 Å². The molecule has 0 bridgehead atoms. The first-order valence-electron chi connectivity index (χ1n) is 5.93. The molecule has 1 unspecified atom stereocenters. The number of hydrogen-bond acceptors (Lipinski definition) is 3. The summed E-state index contributed by atoms with van der Waals surface area (Å²) in [4.78, 5) is 0. The third kappa shape index (κ3) is 2.31. The summed E-state index contributed by atoms with van der Waals surface area (Å²) in [5.41, 5.74) is 5.78. The van der Waals surface area contributed by atoms with Gasteiger partial charge in [0.2, 0.25) is 10.0 Å². The highest BCUT2D eigenvalue weighted by atomic mass is 32.2. The second-order valence-electron chi connectivity index (χ2n) is 4.82. The van der Waals surface area contributed by atoms with Crippen molar-refractivity contribution in [1.82, 2.24) is 4.31 Å². The molecule has 1 heterocycles. The van der Waals surface area contributed by atoms with E-state index in [1.165, 1.54) is 0 Å². The van der Waals surface area contributed by atoms with Crippen LogP contribution in [0, 0.1) is 5.92 Å². The maximum Gasteiger partial charge on any atom is 0.220 e. The van der Waals surface area contributed by atoms with Crippen LogP contribution >= 0.6 is 0 Å². The Bertz CT molecular complexity index is 354. The minimum absolute atomic E-state index is 0.162. The molecule has 2 fully saturated rings. The smallest absolute Gasteiger partial charge is 0.220 e. The number of rotatable bonds is 4. The predicted molar refractivity (Wildman–Crippen MR) is 64.4 cm³/mol. The minimum Gasteiger partial charge on any atom is -0.328 e. The van der Waals surface area contributed by atoms with E-state index in [0.717, 1.165) is 25.7 Å². The molecule has 0 aromatic carbocycles. The van der Waals surface area contributed by atoms with Crippen LogP contribution in [0.5, 0.6) is 0 Å². The summed E-state index contributed by atoms with van der Waals surface area (Å²) in [5, 5.41) is -0.373. The first-order valence-corrected chi connectivity index (χ1v) is 7.43. The van der Waals surface area contributed by atoms with Crippen molar-refractivity contribution in [2.45, 2.75) is 37.0 Å². The average Bonchev–Trinajstić information content (AvgIpc) is 3.03. The van der Waals surface area contributed by atoms with Crippen LogP contribution in [0.25, 0.3) is 0 Å². The third-order valence-corrected chi connectivity index (χ3v) is 5.87. The Kier molecular flexibility index (Phi) is 3.37. The van der Waals surface area contributed by atoms with Crippen molar-refractivity contribution in [3.05, 3.63) is 12.7 Å². The molecule has 1 aliphatic carbocycles. The zero-order chi connectivity index (χ0) is 11.8. The van der Waals surface area contributed by atoms with Crippen molar-refractivity contribution < 1.29 is 8.42 Å². The lowest BCUT2D eigenvalue weighted by Gasteiger charge is -2.31. The molecule has 1 saturated carbocycles. The van der Waals surface area contributed by atoms with E-state index in [2.05, 4.69) is 6.58 Å². The molecule has 2 N–H and O–H groups in total. The van der Waals surface area contributed by atoms with Crippen molar-refractivity contribution in [2.24, 2.45) is 11.7 Å². The summed E-state index contributed by atoms with van der Waals surface area (Å²) < 4.78 is 26.2. The largest absolute Gasteiger partial charge is 0.328 e. The van der Waals surface area contributed by atoms with Crippen LogP contribution < -0.4 is 5.73 Å². The fraction of sp³-hybridized carbons (Fsp3) is 0.818. The Morgan fingerprint density at radius 1 is 1.25 bits per heavy atom. The fourth-order valence-corrected chi connectivity index (χ4v) is 4.35.